The van der Waals surface area contributed by atoms with Crippen molar-refractivity contribution in [3.05, 3.63) is 47.8 Å². The second kappa shape index (κ2) is 5.48. The van der Waals surface area contributed by atoms with Gasteiger partial charge in [-0.1, -0.05) is 0 Å². The summed E-state index contributed by atoms with van der Waals surface area (Å²) in [7, 11) is 3.72. The summed E-state index contributed by atoms with van der Waals surface area (Å²) in [6.07, 6.45) is 1.66. The third-order valence-electron chi connectivity index (χ3n) is 3.27. The third kappa shape index (κ3) is 2.63. The van der Waals surface area contributed by atoms with Crippen LogP contribution in [0.4, 0.5) is 11.7 Å². The first-order valence-corrected chi connectivity index (χ1v) is 6.85. The Hall–Kier alpha value is -2.89. The zero-order chi connectivity index (χ0) is 15.7. The molecule has 1 N–H and O–H groups in total. The van der Waals surface area contributed by atoms with Gasteiger partial charge in [-0.3, -0.25) is 9.78 Å². The summed E-state index contributed by atoms with van der Waals surface area (Å²) in [4.78, 5) is 22.6. The number of carbonyl (C=O) groups excluding carboxylic acids is 1. The van der Waals surface area contributed by atoms with Crippen LogP contribution in [0, 0.1) is 6.92 Å². The largest absolute Gasteiger partial charge is 0.423 e. The van der Waals surface area contributed by atoms with Crippen LogP contribution in [0.15, 0.2) is 40.9 Å². The molecule has 0 saturated heterocycles. The molecule has 2 heterocycles. The van der Waals surface area contributed by atoms with Gasteiger partial charge >= 0.3 is 0 Å². The van der Waals surface area contributed by atoms with E-state index in [4.69, 9.17) is 4.42 Å². The number of amides is 1. The quantitative estimate of drug-likeness (QED) is 0.804. The van der Waals surface area contributed by atoms with Crippen molar-refractivity contribution in [1.82, 2.24) is 9.97 Å². The molecule has 3 aromatic rings. The van der Waals surface area contributed by atoms with Crippen molar-refractivity contribution in [2.45, 2.75) is 6.92 Å². The lowest BCUT2D eigenvalue weighted by Gasteiger charge is -2.06. The van der Waals surface area contributed by atoms with E-state index in [9.17, 15) is 4.79 Å². The van der Waals surface area contributed by atoms with Gasteiger partial charge in [0.1, 0.15) is 5.52 Å². The van der Waals surface area contributed by atoms with E-state index in [1.54, 1.807) is 48.4 Å². The summed E-state index contributed by atoms with van der Waals surface area (Å²) < 4.78 is 5.59. The summed E-state index contributed by atoms with van der Waals surface area (Å²) in [5.74, 6) is -0.193. The number of rotatable bonds is 3. The van der Waals surface area contributed by atoms with E-state index in [1.165, 1.54) is 0 Å². The number of nitrogens with one attached hydrogen (secondary N) is 1. The molecule has 0 aliphatic rings. The van der Waals surface area contributed by atoms with Crippen LogP contribution < -0.4 is 10.2 Å². The Morgan fingerprint density at radius 3 is 2.82 bits per heavy atom. The first-order chi connectivity index (χ1) is 10.5. The molecular formula is C16H16N4O2. The van der Waals surface area contributed by atoms with Crippen molar-refractivity contribution in [1.29, 1.82) is 0 Å². The van der Waals surface area contributed by atoms with Gasteiger partial charge in [-0.25, -0.2) is 0 Å². The van der Waals surface area contributed by atoms with E-state index in [0.717, 1.165) is 0 Å². The highest BCUT2D eigenvalue weighted by atomic mass is 16.4. The molecule has 0 fully saturated rings. The minimum absolute atomic E-state index is 0.193. The lowest BCUT2D eigenvalue weighted by atomic mass is 10.2. The number of aromatic nitrogens is 2. The smallest absolute Gasteiger partial charge is 0.297 e. The summed E-state index contributed by atoms with van der Waals surface area (Å²) in [6.45, 7) is 1.80. The number of benzene rings is 1. The standard InChI is InChI=1S/C16H16N4O2/c1-10-12(5-4-8-17-10)15(21)18-11-6-7-14-13(9-11)19-16(22-14)20(2)3/h4-9H,1-3H3,(H,18,21). The molecule has 6 heteroatoms. The molecule has 112 valence electrons. The Kier molecular flexibility index (Phi) is 3.50. The molecular weight excluding hydrogens is 280 g/mol. The number of aryl methyl sites for hydroxylation is 1. The van der Waals surface area contributed by atoms with Crippen molar-refractivity contribution in [3.8, 4) is 0 Å². The molecule has 1 aromatic carbocycles. The predicted octanol–water partition coefficient (Wildman–Crippen LogP) is 2.85. The minimum Gasteiger partial charge on any atom is -0.423 e. The fourth-order valence-corrected chi connectivity index (χ4v) is 2.11. The molecule has 0 radical (unpaired) electrons. The Morgan fingerprint density at radius 1 is 1.27 bits per heavy atom. The number of pyridine rings is 1. The highest BCUT2D eigenvalue weighted by Crippen LogP contribution is 2.24. The topological polar surface area (TPSA) is 71.3 Å². The van der Waals surface area contributed by atoms with Gasteiger partial charge in [0.15, 0.2) is 5.58 Å². The Bertz CT molecular complexity index is 839. The first-order valence-electron chi connectivity index (χ1n) is 6.85. The number of hydrogen-bond donors (Lipinski definition) is 1. The monoisotopic (exact) mass is 296 g/mol. The molecule has 6 nitrogen and oxygen atoms in total. The average Bonchev–Trinajstić information content (AvgIpc) is 2.91. The summed E-state index contributed by atoms with van der Waals surface area (Å²) in [6, 6.07) is 9.39. The number of anilines is 2. The lowest BCUT2D eigenvalue weighted by molar-refractivity contribution is 0.102. The SMILES string of the molecule is Cc1ncccc1C(=O)Nc1ccc2oc(N(C)C)nc2c1. The zero-order valence-corrected chi connectivity index (χ0v) is 12.6. The van der Waals surface area contributed by atoms with Crippen molar-refractivity contribution in [2.24, 2.45) is 0 Å². The van der Waals surface area contributed by atoms with Gasteiger partial charge < -0.3 is 14.6 Å². The lowest BCUT2D eigenvalue weighted by Crippen LogP contribution is -2.13. The van der Waals surface area contributed by atoms with E-state index in [-0.39, 0.29) is 5.91 Å². The molecule has 0 aliphatic carbocycles. The van der Waals surface area contributed by atoms with E-state index < -0.39 is 0 Å². The minimum atomic E-state index is -0.193. The van der Waals surface area contributed by atoms with Crippen molar-refractivity contribution in [3.63, 3.8) is 0 Å². The summed E-state index contributed by atoms with van der Waals surface area (Å²) in [5.41, 5.74) is 3.29. The average molecular weight is 296 g/mol. The first kappa shape index (κ1) is 14.1. The second-order valence-electron chi connectivity index (χ2n) is 5.16. The molecule has 2 aromatic heterocycles. The Balaban J connectivity index is 1.88. The van der Waals surface area contributed by atoms with Crippen LogP contribution in [0.1, 0.15) is 16.1 Å². The van der Waals surface area contributed by atoms with Crippen molar-refractivity contribution >= 4 is 28.7 Å². The maximum absolute atomic E-state index is 12.3. The van der Waals surface area contributed by atoms with E-state index in [2.05, 4.69) is 15.3 Å². The molecule has 0 spiro atoms. The Labute approximate surface area is 127 Å². The Morgan fingerprint density at radius 2 is 2.09 bits per heavy atom. The number of nitrogens with zero attached hydrogens (tertiary/aromatic N) is 3. The van der Waals surface area contributed by atoms with E-state index >= 15 is 0 Å². The van der Waals surface area contributed by atoms with Crippen molar-refractivity contribution in [2.75, 3.05) is 24.3 Å². The molecule has 1 amide bonds. The van der Waals surface area contributed by atoms with Crippen LogP contribution >= 0.6 is 0 Å². The molecule has 0 aliphatic heterocycles. The van der Waals surface area contributed by atoms with Crippen LogP contribution in [-0.4, -0.2) is 30.0 Å². The molecule has 0 atom stereocenters. The summed E-state index contributed by atoms with van der Waals surface area (Å²) in [5, 5.41) is 2.86. The number of hydrogen-bond acceptors (Lipinski definition) is 5. The maximum atomic E-state index is 12.3. The van der Waals surface area contributed by atoms with Gasteiger partial charge in [0.05, 0.1) is 5.56 Å². The zero-order valence-electron chi connectivity index (χ0n) is 12.6. The highest BCUT2D eigenvalue weighted by molar-refractivity contribution is 6.05. The summed E-state index contributed by atoms with van der Waals surface area (Å²) >= 11 is 0. The number of oxazole rings is 1. The molecule has 3 rings (SSSR count). The maximum Gasteiger partial charge on any atom is 0.297 e. The fraction of sp³-hybridized carbons (Fsp3) is 0.188. The van der Waals surface area contributed by atoms with Crippen molar-refractivity contribution < 1.29 is 9.21 Å². The van der Waals surface area contributed by atoms with Gasteiger partial charge in [0.2, 0.25) is 0 Å². The van der Waals surface area contributed by atoms with Crippen LogP contribution in [0.2, 0.25) is 0 Å². The fourth-order valence-electron chi connectivity index (χ4n) is 2.11. The molecule has 0 unspecified atom stereocenters. The van der Waals surface area contributed by atoms with Crippen LogP contribution in [-0.2, 0) is 0 Å². The molecule has 22 heavy (non-hydrogen) atoms. The second-order valence-corrected chi connectivity index (χ2v) is 5.16. The van der Waals surface area contributed by atoms with Gasteiger partial charge in [0.25, 0.3) is 11.9 Å². The van der Waals surface area contributed by atoms with Crippen LogP contribution in [0.25, 0.3) is 11.1 Å². The third-order valence-corrected chi connectivity index (χ3v) is 3.27. The predicted molar refractivity (Wildman–Crippen MR) is 85.3 cm³/mol. The molecule has 0 saturated carbocycles. The van der Waals surface area contributed by atoms with Crippen LogP contribution in [0.5, 0.6) is 0 Å². The van der Waals surface area contributed by atoms with Gasteiger partial charge in [0, 0.05) is 31.7 Å². The van der Waals surface area contributed by atoms with Crippen LogP contribution in [0.3, 0.4) is 0 Å². The van der Waals surface area contributed by atoms with Gasteiger partial charge in [-0.15, -0.1) is 0 Å². The number of fused-ring (bicyclic) bond motifs is 1. The highest BCUT2D eigenvalue weighted by Gasteiger charge is 2.12. The van der Waals surface area contributed by atoms with Gasteiger partial charge in [-0.05, 0) is 37.3 Å². The molecule has 0 bridgehead atoms. The number of carbonyl (C=O) groups is 1. The van der Waals surface area contributed by atoms with Gasteiger partial charge in [-0.2, -0.15) is 4.98 Å². The van der Waals surface area contributed by atoms with E-state index in [0.29, 0.717) is 34.1 Å². The normalized spacial score (nSPS) is 10.7. The van der Waals surface area contributed by atoms with E-state index in [1.807, 2.05) is 14.1 Å².